The average molecular weight is 223 g/mol. The minimum absolute atomic E-state index is 0.959. The van der Waals surface area contributed by atoms with E-state index in [-0.39, 0.29) is 0 Å². The van der Waals surface area contributed by atoms with Gasteiger partial charge in [0.15, 0.2) is 0 Å². The highest BCUT2D eigenvalue weighted by molar-refractivity contribution is 7.07. The van der Waals surface area contributed by atoms with Crippen LogP contribution in [-0.4, -0.2) is 13.1 Å². The van der Waals surface area contributed by atoms with E-state index in [0.29, 0.717) is 0 Å². The Kier molecular flexibility index (Phi) is 4.68. The van der Waals surface area contributed by atoms with Crippen LogP contribution in [0.25, 0.3) is 0 Å². The van der Waals surface area contributed by atoms with Crippen LogP contribution in [0.2, 0.25) is 0 Å². The lowest BCUT2D eigenvalue weighted by molar-refractivity contribution is 0.343. The molecule has 1 aromatic heterocycles. The molecule has 1 N–H and O–H groups in total. The van der Waals surface area contributed by atoms with Crippen molar-refractivity contribution in [2.24, 2.45) is 5.92 Å². The fourth-order valence-electron chi connectivity index (χ4n) is 2.37. The fourth-order valence-corrected chi connectivity index (χ4v) is 3.07. The van der Waals surface area contributed by atoms with Gasteiger partial charge in [-0.25, -0.2) is 0 Å². The Labute approximate surface area is 96.9 Å². The number of hydrogen-bond donors (Lipinski definition) is 1. The van der Waals surface area contributed by atoms with Crippen LogP contribution in [0.15, 0.2) is 16.8 Å². The van der Waals surface area contributed by atoms with Crippen molar-refractivity contribution in [1.82, 2.24) is 5.32 Å². The van der Waals surface area contributed by atoms with E-state index in [1.54, 1.807) is 11.3 Å². The van der Waals surface area contributed by atoms with E-state index in [1.807, 2.05) is 0 Å². The average Bonchev–Trinajstić information content (AvgIpc) is 2.79. The summed E-state index contributed by atoms with van der Waals surface area (Å²) in [4.78, 5) is 0. The van der Waals surface area contributed by atoms with E-state index >= 15 is 0 Å². The maximum atomic E-state index is 3.60. The van der Waals surface area contributed by atoms with E-state index in [1.165, 1.54) is 50.6 Å². The molecule has 0 unspecified atom stereocenters. The molecule has 1 saturated carbocycles. The van der Waals surface area contributed by atoms with Gasteiger partial charge in [0.25, 0.3) is 0 Å². The first kappa shape index (κ1) is 11.2. The van der Waals surface area contributed by atoms with Gasteiger partial charge < -0.3 is 5.32 Å². The lowest BCUT2D eigenvalue weighted by Crippen LogP contribution is -2.26. The summed E-state index contributed by atoms with van der Waals surface area (Å²) in [5.74, 6) is 0.959. The zero-order valence-corrected chi connectivity index (χ0v) is 10.2. The lowest BCUT2D eigenvalue weighted by Gasteiger charge is -2.21. The van der Waals surface area contributed by atoms with Crippen LogP contribution in [-0.2, 0) is 6.42 Å². The number of thiophene rings is 1. The van der Waals surface area contributed by atoms with Gasteiger partial charge in [-0.1, -0.05) is 19.3 Å². The predicted octanol–water partition coefficient (Wildman–Crippen LogP) is 3.46. The highest BCUT2D eigenvalue weighted by Gasteiger charge is 2.12. The molecule has 1 aliphatic carbocycles. The van der Waals surface area contributed by atoms with Gasteiger partial charge in [0.05, 0.1) is 0 Å². The van der Waals surface area contributed by atoms with Gasteiger partial charge in [-0.15, -0.1) is 0 Å². The molecule has 0 atom stereocenters. The highest BCUT2D eigenvalue weighted by Crippen LogP contribution is 2.22. The second kappa shape index (κ2) is 6.29. The van der Waals surface area contributed by atoms with Crippen molar-refractivity contribution in [3.63, 3.8) is 0 Å². The van der Waals surface area contributed by atoms with Crippen molar-refractivity contribution in [3.05, 3.63) is 22.4 Å². The van der Waals surface area contributed by atoms with E-state index < -0.39 is 0 Å². The minimum Gasteiger partial charge on any atom is -0.316 e. The molecule has 0 spiro atoms. The molecule has 1 nitrogen and oxygen atoms in total. The molecule has 0 amide bonds. The second-order valence-electron chi connectivity index (χ2n) is 4.59. The Morgan fingerprint density at radius 2 is 2.13 bits per heavy atom. The summed E-state index contributed by atoms with van der Waals surface area (Å²) < 4.78 is 0. The Hall–Kier alpha value is -0.340. The van der Waals surface area contributed by atoms with Gasteiger partial charge in [-0.2, -0.15) is 11.3 Å². The van der Waals surface area contributed by atoms with E-state index in [0.717, 1.165) is 12.5 Å². The monoisotopic (exact) mass is 223 g/mol. The molecule has 2 heteroatoms. The van der Waals surface area contributed by atoms with Crippen LogP contribution in [0.1, 0.15) is 37.7 Å². The van der Waals surface area contributed by atoms with Crippen molar-refractivity contribution < 1.29 is 0 Å². The number of rotatable bonds is 5. The maximum Gasteiger partial charge on any atom is -0.000794 e. The number of hydrogen-bond acceptors (Lipinski definition) is 2. The van der Waals surface area contributed by atoms with Crippen LogP contribution in [0.4, 0.5) is 0 Å². The van der Waals surface area contributed by atoms with Crippen molar-refractivity contribution in [2.75, 3.05) is 13.1 Å². The highest BCUT2D eigenvalue weighted by atomic mass is 32.1. The SMILES string of the molecule is c1cc(CCNCC2CCCCC2)cs1. The lowest BCUT2D eigenvalue weighted by atomic mass is 9.89. The van der Waals surface area contributed by atoms with Crippen LogP contribution < -0.4 is 5.32 Å². The first-order chi connectivity index (χ1) is 7.45. The zero-order valence-electron chi connectivity index (χ0n) is 9.37. The Balaban J connectivity index is 1.54. The van der Waals surface area contributed by atoms with Crippen molar-refractivity contribution in [3.8, 4) is 0 Å². The van der Waals surface area contributed by atoms with Gasteiger partial charge in [0.2, 0.25) is 0 Å². The molecule has 1 fully saturated rings. The standard InChI is InChI=1S/C13H21NS/c1-2-4-12(5-3-1)10-14-8-6-13-7-9-15-11-13/h7,9,11-12,14H,1-6,8,10H2. The molecule has 1 aliphatic rings. The summed E-state index contributed by atoms with van der Waals surface area (Å²) in [6, 6.07) is 2.23. The second-order valence-corrected chi connectivity index (χ2v) is 5.37. The molecular formula is C13H21NS. The van der Waals surface area contributed by atoms with E-state index in [4.69, 9.17) is 0 Å². The van der Waals surface area contributed by atoms with Crippen LogP contribution in [0, 0.1) is 5.92 Å². The van der Waals surface area contributed by atoms with E-state index in [2.05, 4.69) is 22.1 Å². The van der Waals surface area contributed by atoms with Crippen LogP contribution >= 0.6 is 11.3 Å². The summed E-state index contributed by atoms with van der Waals surface area (Å²) in [6.45, 7) is 2.39. The van der Waals surface area contributed by atoms with Crippen molar-refractivity contribution >= 4 is 11.3 Å². The molecule has 0 aromatic carbocycles. The fraction of sp³-hybridized carbons (Fsp3) is 0.692. The molecule has 1 aromatic rings. The first-order valence-corrected chi connectivity index (χ1v) is 7.11. The third-order valence-electron chi connectivity index (χ3n) is 3.33. The molecular weight excluding hydrogens is 202 g/mol. The third-order valence-corrected chi connectivity index (χ3v) is 4.06. The quantitative estimate of drug-likeness (QED) is 0.754. The summed E-state index contributed by atoms with van der Waals surface area (Å²) in [6.07, 6.45) is 8.46. The smallest absolute Gasteiger partial charge is 0.000794 e. The number of nitrogens with one attached hydrogen (secondary N) is 1. The topological polar surface area (TPSA) is 12.0 Å². The van der Waals surface area contributed by atoms with Crippen molar-refractivity contribution in [2.45, 2.75) is 38.5 Å². The molecule has 0 bridgehead atoms. The van der Waals surface area contributed by atoms with E-state index in [9.17, 15) is 0 Å². The van der Waals surface area contributed by atoms with Crippen LogP contribution in [0.5, 0.6) is 0 Å². The normalized spacial score (nSPS) is 18.1. The molecule has 0 aliphatic heterocycles. The molecule has 2 rings (SSSR count). The van der Waals surface area contributed by atoms with Gasteiger partial charge in [0, 0.05) is 0 Å². The van der Waals surface area contributed by atoms with Gasteiger partial charge in [0.1, 0.15) is 0 Å². The Morgan fingerprint density at radius 3 is 2.87 bits per heavy atom. The molecule has 0 saturated heterocycles. The summed E-state index contributed by atoms with van der Waals surface area (Å²) in [5, 5.41) is 8.01. The van der Waals surface area contributed by atoms with Crippen molar-refractivity contribution in [1.29, 1.82) is 0 Å². The predicted molar refractivity (Wildman–Crippen MR) is 67.5 cm³/mol. The molecule has 15 heavy (non-hydrogen) atoms. The maximum absolute atomic E-state index is 3.60. The first-order valence-electron chi connectivity index (χ1n) is 6.17. The molecule has 84 valence electrons. The Bertz CT molecular complexity index is 250. The summed E-state index contributed by atoms with van der Waals surface area (Å²) >= 11 is 1.80. The van der Waals surface area contributed by atoms with Crippen LogP contribution in [0.3, 0.4) is 0 Å². The zero-order chi connectivity index (χ0) is 10.3. The minimum atomic E-state index is 0.959. The van der Waals surface area contributed by atoms with Gasteiger partial charge in [-0.3, -0.25) is 0 Å². The van der Waals surface area contributed by atoms with Gasteiger partial charge >= 0.3 is 0 Å². The summed E-state index contributed by atoms with van der Waals surface area (Å²) in [5.41, 5.74) is 1.48. The van der Waals surface area contributed by atoms with Gasteiger partial charge in [-0.05, 0) is 60.7 Å². The summed E-state index contributed by atoms with van der Waals surface area (Å²) in [7, 11) is 0. The Morgan fingerprint density at radius 1 is 1.27 bits per heavy atom. The largest absolute Gasteiger partial charge is 0.316 e. The third kappa shape index (κ3) is 3.96. The molecule has 0 radical (unpaired) electrons. The molecule has 1 heterocycles.